The Balaban J connectivity index is 1.95. The van der Waals surface area contributed by atoms with Gasteiger partial charge in [0.25, 0.3) is 0 Å². The van der Waals surface area contributed by atoms with E-state index in [1.807, 2.05) is 0 Å². The van der Waals surface area contributed by atoms with E-state index < -0.39 is 0 Å². The molecule has 0 amide bonds. The summed E-state index contributed by atoms with van der Waals surface area (Å²) in [6, 6.07) is 11.0. The Morgan fingerprint density at radius 1 is 1.10 bits per heavy atom. The first kappa shape index (κ1) is 15.7. The number of benzene rings is 2. The van der Waals surface area contributed by atoms with Gasteiger partial charge in [-0.2, -0.15) is 5.10 Å². The molecule has 0 aliphatic rings. The van der Waals surface area contributed by atoms with E-state index in [4.69, 9.17) is 35.4 Å². The zero-order valence-electron chi connectivity index (χ0n) is 10.6. The molecule has 2 N–H and O–H groups in total. The standard InChI is InChI=1S/C14H10Cl2FN3S/c15-12-2-1-3-13(16)11(12)8-18-20-14(21)19-10-6-4-9(17)5-7-10/h1-8H,(H2,19,20,21)/b18-8+. The van der Waals surface area contributed by atoms with Gasteiger partial charge in [0.15, 0.2) is 5.11 Å². The van der Waals surface area contributed by atoms with E-state index in [0.29, 0.717) is 21.3 Å². The van der Waals surface area contributed by atoms with Gasteiger partial charge in [-0.05, 0) is 48.6 Å². The fourth-order valence-corrected chi connectivity index (χ4v) is 2.15. The maximum atomic E-state index is 12.8. The number of hydrogen-bond acceptors (Lipinski definition) is 2. The summed E-state index contributed by atoms with van der Waals surface area (Å²) < 4.78 is 12.8. The number of halogens is 3. The Labute approximate surface area is 136 Å². The minimum absolute atomic E-state index is 0.265. The summed E-state index contributed by atoms with van der Waals surface area (Å²) in [6.45, 7) is 0. The van der Waals surface area contributed by atoms with Gasteiger partial charge in [0.2, 0.25) is 0 Å². The molecule has 0 aliphatic heterocycles. The van der Waals surface area contributed by atoms with Gasteiger partial charge in [0.05, 0.1) is 16.3 Å². The molecule has 0 saturated heterocycles. The summed E-state index contributed by atoms with van der Waals surface area (Å²) in [5, 5.41) is 8.06. The fourth-order valence-electron chi connectivity index (χ4n) is 1.48. The molecule has 3 nitrogen and oxygen atoms in total. The zero-order chi connectivity index (χ0) is 15.2. The number of hydrogen-bond donors (Lipinski definition) is 2. The van der Waals surface area contributed by atoms with Crippen LogP contribution in [-0.4, -0.2) is 11.3 Å². The molecule has 0 aromatic heterocycles. The van der Waals surface area contributed by atoms with Crippen LogP contribution in [0.5, 0.6) is 0 Å². The molecule has 0 radical (unpaired) electrons. The summed E-state index contributed by atoms with van der Waals surface area (Å²) in [5.41, 5.74) is 3.88. The maximum absolute atomic E-state index is 12.8. The monoisotopic (exact) mass is 341 g/mol. The molecule has 0 heterocycles. The highest BCUT2D eigenvalue weighted by atomic mass is 35.5. The molecule has 0 bridgehead atoms. The van der Waals surface area contributed by atoms with E-state index >= 15 is 0 Å². The molecule has 7 heteroatoms. The third kappa shape index (κ3) is 4.67. The number of thiocarbonyl (C=S) groups is 1. The first-order chi connectivity index (χ1) is 10.1. The van der Waals surface area contributed by atoms with Crippen LogP contribution in [0.25, 0.3) is 0 Å². The van der Waals surface area contributed by atoms with E-state index in [1.165, 1.54) is 18.3 Å². The van der Waals surface area contributed by atoms with Crippen LogP contribution in [0, 0.1) is 5.82 Å². The van der Waals surface area contributed by atoms with E-state index in [0.717, 1.165) is 0 Å². The van der Waals surface area contributed by atoms with Crippen LogP contribution < -0.4 is 10.7 Å². The quantitative estimate of drug-likeness (QED) is 0.491. The summed E-state index contributed by atoms with van der Waals surface area (Å²) in [6.07, 6.45) is 1.48. The second kappa shape index (κ2) is 7.36. The molecule has 108 valence electrons. The minimum atomic E-state index is -0.314. The largest absolute Gasteiger partial charge is 0.331 e. The zero-order valence-corrected chi connectivity index (χ0v) is 12.9. The highest BCUT2D eigenvalue weighted by Gasteiger charge is 2.02. The van der Waals surface area contributed by atoms with Crippen molar-refractivity contribution in [3.63, 3.8) is 0 Å². The van der Waals surface area contributed by atoms with Gasteiger partial charge in [-0.1, -0.05) is 29.3 Å². The average Bonchev–Trinajstić information content (AvgIpc) is 2.45. The van der Waals surface area contributed by atoms with Crippen molar-refractivity contribution in [2.24, 2.45) is 5.10 Å². The van der Waals surface area contributed by atoms with Crippen molar-refractivity contribution < 1.29 is 4.39 Å². The third-order valence-electron chi connectivity index (χ3n) is 2.46. The minimum Gasteiger partial charge on any atom is -0.331 e. The molecule has 2 aromatic rings. The van der Waals surface area contributed by atoms with Crippen molar-refractivity contribution in [2.45, 2.75) is 0 Å². The highest BCUT2D eigenvalue weighted by molar-refractivity contribution is 7.80. The first-order valence-corrected chi connectivity index (χ1v) is 7.02. The first-order valence-electron chi connectivity index (χ1n) is 5.86. The number of hydrazone groups is 1. The van der Waals surface area contributed by atoms with Crippen molar-refractivity contribution in [3.05, 3.63) is 63.9 Å². The summed E-state index contributed by atoms with van der Waals surface area (Å²) in [7, 11) is 0. The number of anilines is 1. The van der Waals surface area contributed by atoms with Crippen molar-refractivity contribution in [1.29, 1.82) is 0 Å². The topological polar surface area (TPSA) is 36.4 Å². The Hall–Kier alpha value is -1.69. The Kier molecular flexibility index (Phi) is 5.50. The molecule has 0 spiro atoms. The van der Waals surface area contributed by atoms with Crippen LogP contribution in [0.15, 0.2) is 47.6 Å². The maximum Gasteiger partial charge on any atom is 0.191 e. The molecule has 0 unspecified atom stereocenters. The van der Waals surface area contributed by atoms with Gasteiger partial charge >= 0.3 is 0 Å². The number of rotatable bonds is 3. The van der Waals surface area contributed by atoms with Gasteiger partial charge in [-0.3, -0.25) is 5.43 Å². The van der Waals surface area contributed by atoms with Crippen LogP contribution in [-0.2, 0) is 0 Å². The molecular weight excluding hydrogens is 332 g/mol. The predicted molar refractivity (Wildman–Crippen MR) is 89.8 cm³/mol. The second-order valence-corrected chi connectivity index (χ2v) is 5.19. The fraction of sp³-hybridized carbons (Fsp3) is 0. The van der Waals surface area contributed by atoms with Crippen LogP contribution in [0.2, 0.25) is 10.0 Å². The molecule has 0 atom stereocenters. The van der Waals surface area contributed by atoms with Gasteiger partial charge in [-0.25, -0.2) is 4.39 Å². The number of nitrogens with zero attached hydrogens (tertiary/aromatic N) is 1. The van der Waals surface area contributed by atoms with E-state index in [2.05, 4.69) is 15.8 Å². The molecule has 0 aliphatic carbocycles. The van der Waals surface area contributed by atoms with Crippen LogP contribution in [0.4, 0.5) is 10.1 Å². The average molecular weight is 342 g/mol. The lowest BCUT2D eigenvalue weighted by Gasteiger charge is -2.07. The Morgan fingerprint density at radius 3 is 2.33 bits per heavy atom. The van der Waals surface area contributed by atoms with Crippen molar-refractivity contribution in [3.8, 4) is 0 Å². The van der Waals surface area contributed by atoms with Crippen LogP contribution in [0.1, 0.15) is 5.56 Å². The van der Waals surface area contributed by atoms with Crippen molar-refractivity contribution >= 4 is 52.4 Å². The summed E-state index contributed by atoms with van der Waals surface area (Å²) >= 11 is 17.1. The van der Waals surface area contributed by atoms with E-state index in [9.17, 15) is 4.39 Å². The number of nitrogens with one attached hydrogen (secondary N) is 2. The summed E-state index contributed by atoms with van der Waals surface area (Å²) in [4.78, 5) is 0. The molecular formula is C14H10Cl2FN3S. The normalized spacial score (nSPS) is 10.6. The molecule has 2 aromatic carbocycles. The van der Waals surface area contributed by atoms with Crippen LogP contribution >= 0.6 is 35.4 Å². The molecule has 0 fully saturated rings. The third-order valence-corrected chi connectivity index (χ3v) is 3.31. The van der Waals surface area contributed by atoms with Crippen molar-refractivity contribution in [1.82, 2.24) is 5.43 Å². The van der Waals surface area contributed by atoms with Gasteiger partial charge < -0.3 is 5.32 Å². The smallest absolute Gasteiger partial charge is 0.191 e. The molecule has 2 rings (SSSR count). The Morgan fingerprint density at radius 2 is 1.71 bits per heavy atom. The second-order valence-electron chi connectivity index (χ2n) is 3.97. The van der Waals surface area contributed by atoms with E-state index in [1.54, 1.807) is 30.3 Å². The lowest BCUT2D eigenvalue weighted by molar-refractivity contribution is 0.628. The van der Waals surface area contributed by atoms with Gasteiger partial charge in [0, 0.05) is 11.3 Å². The molecule has 0 saturated carbocycles. The van der Waals surface area contributed by atoms with E-state index in [-0.39, 0.29) is 10.9 Å². The van der Waals surface area contributed by atoms with Crippen molar-refractivity contribution in [2.75, 3.05) is 5.32 Å². The van der Waals surface area contributed by atoms with Gasteiger partial charge in [-0.15, -0.1) is 0 Å². The SMILES string of the molecule is Fc1ccc(NC(=S)N/N=C/c2c(Cl)cccc2Cl)cc1. The molecule has 21 heavy (non-hydrogen) atoms. The highest BCUT2D eigenvalue weighted by Crippen LogP contribution is 2.21. The van der Waals surface area contributed by atoms with Gasteiger partial charge in [0.1, 0.15) is 5.82 Å². The Bertz CT molecular complexity index is 654. The van der Waals surface area contributed by atoms with Crippen LogP contribution in [0.3, 0.4) is 0 Å². The predicted octanol–water partition coefficient (Wildman–Crippen LogP) is 4.45. The lowest BCUT2D eigenvalue weighted by Crippen LogP contribution is -2.23. The lowest BCUT2D eigenvalue weighted by atomic mass is 10.2. The summed E-state index contributed by atoms with van der Waals surface area (Å²) in [5.74, 6) is -0.314.